The molecule has 1 aromatic carbocycles. The Kier molecular flexibility index (Phi) is 4.07. The second-order valence-electron chi connectivity index (χ2n) is 4.37. The van der Waals surface area contributed by atoms with Crippen LogP contribution in [0.25, 0.3) is 0 Å². The van der Waals surface area contributed by atoms with E-state index in [0.717, 1.165) is 25.9 Å². The van der Waals surface area contributed by atoms with Gasteiger partial charge in [0.1, 0.15) is 11.6 Å². The standard InChI is InChI=1S/C13H15ClFNO2/c1-9(13(17)16-6-2-3-7-16)18-12-5-4-10(15)8-11(12)14/h4-5,8-9H,2-3,6-7H2,1H3. The molecule has 1 aromatic rings. The van der Waals surface area contributed by atoms with Crippen molar-refractivity contribution in [1.29, 1.82) is 0 Å². The van der Waals surface area contributed by atoms with Gasteiger partial charge in [0.25, 0.3) is 5.91 Å². The highest BCUT2D eigenvalue weighted by Crippen LogP contribution is 2.26. The van der Waals surface area contributed by atoms with Crippen molar-refractivity contribution < 1.29 is 13.9 Å². The van der Waals surface area contributed by atoms with Gasteiger partial charge in [-0.1, -0.05) is 11.6 Å². The van der Waals surface area contributed by atoms with Gasteiger partial charge in [-0.25, -0.2) is 4.39 Å². The van der Waals surface area contributed by atoms with E-state index >= 15 is 0 Å². The lowest BCUT2D eigenvalue weighted by atomic mass is 10.3. The van der Waals surface area contributed by atoms with E-state index < -0.39 is 11.9 Å². The van der Waals surface area contributed by atoms with Crippen molar-refractivity contribution in [1.82, 2.24) is 4.90 Å². The molecule has 1 unspecified atom stereocenters. The lowest BCUT2D eigenvalue weighted by Gasteiger charge is -2.21. The van der Waals surface area contributed by atoms with E-state index in [0.29, 0.717) is 5.75 Å². The number of ether oxygens (including phenoxy) is 1. The van der Waals surface area contributed by atoms with Crippen LogP contribution in [-0.2, 0) is 4.79 Å². The van der Waals surface area contributed by atoms with Crippen LogP contribution in [0.4, 0.5) is 4.39 Å². The van der Waals surface area contributed by atoms with Gasteiger partial charge < -0.3 is 9.64 Å². The Morgan fingerprint density at radius 3 is 2.72 bits per heavy atom. The summed E-state index contributed by atoms with van der Waals surface area (Å²) >= 11 is 5.85. The molecule has 1 aliphatic heterocycles. The zero-order chi connectivity index (χ0) is 13.1. The Hall–Kier alpha value is -1.29. The van der Waals surface area contributed by atoms with Crippen molar-refractivity contribution in [3.63, 3.8) is 0 Å². The molecule has 1 heterocycles. The summed E-state index contributed by atoms with van der Waals surface area (Å²) in [7, 11) is 0. The molecule has 0 saturated carbocycles. The molecule has 5 heteroatoms. The number of hydrogen-bond donors (Lipinski definition) is 0. The van der Waals surface area contributed by atoms with E-state index in [4.69, 9.17) is 16.3 Å². The Morgan fingerprint density at radius 2 is 2.11 bits per heavy atom. The summed E-state index contributed by atoms with van der Waals surface area (Å²) < 4.78 is 18.4. The van der Waals surface area contributed by atoms with Gasteiger partial charge in [0.05, 0.1) is 5.02 Å². The minimum Gasteiger partial charge on any atom is -0.479 e. The number of carbonyl (C=O) groups is 1. The highest BCUT2D eigenvalue weighted by Gasteiger charge is 2.24. The fourth-order valence-electron chi connectivity index (χ4n) is 2.01. The molecule has 1 aliphatic rings. The topological polar surface area (TPSA) is 29.5 Å². The van der Waals surface area contributed by atoms with Crippen LogP contribution in [-0.4, -0.2) is 30.0 Å². The van der Waals surface area contributed by atoms with Crippen molar-refractivity contribution >= 4 is 17.5 Å². The third-order valence-electron chi connectivity index (χ3n) is 2.96. The van der Waals surface area contributed by atoms with E-state index in [2.05, 4.69) is 0 Å². The van der Waals surface area contributed by atoms with Crippen molar-refractivity contribution in [3.05, 3.63) is 29.0 Å². The maximum atomic E-state index is 12.9. The Morgan fingerprint density at radius 1 is 1.44 bits per heavy atom. The minimum absolute atomic E-state index is 0.0482. The quantitative estimate of drug-likeness (QED) is 0.846. The van der Waals surface area contributed by atoms with Crippen molar-refractivity contribution in [2.75, 3.05) is 13.1 Å². The zero-order valence-corrected chi connectivity index (χ0v) is 10.9. The Balaban J connectivity index is 2.01. The molecule has 3 nitrogen and oxygen atoms in total. The van der Waals surface area contributed by atoms with Crippen LogP contribution in [0.2, 0.25) is 5.02 Å². The van der Waals surface area contributed by atoms with Crippen LogP contribution in [0.3, 0.4) is 0 Å². The smallest absolute Gasteiger partial charge is 0.263 e. The molecule has 0 radical (unpaired) electrons. The number of halogens is 2. The van der Waals surface area contributed by atoms with Crippen LogP contribution in [0.15, 0.2) is 18.2 Å². The first-order valence-electron chi connectivity index (χ1n) is 5.98. The molecule has 0 spiro atoms. The number of nitrogens with zero attached hydrogens (tertiary/aromatic N) is 1. The van der Waals surface area contributed by atoms with E-state index in [1.165, 1.54) is 18.2 Å². The molecule has 1 amide bonds. The molecule has 0 bridgehead atoms. The normalized spacial score (nSPS) is 16.7. The van der Waals surface area contributed by atoms with Crippen LogP contribution >= 0.6 is 11.6 Å². The second-order valence-corrected chi connectivity index (χ2v) is 4.77. The number of benzene rings is 1. The third-order valence-corrected chi connectivity index (χ3v) is 3.26. The van der Waals surface area contributed by atoms with Gasteiger partial charge in [-0.2, -0.15) is 0 Å². The van der Waals surface area contributed by atoms with Gasteiger partial charge in [0, 0.05) is 13.1 Å². The highest BCUT2D eigenvalue weighted by molar-refractivity contribution is 6.32. The Bertz CT molecular complexity index is 447. The number of rotatable bonds is 3. The lowest BCUT2D eigenvalue weighted by Crippen LogP contribution is -2.38. The first-order chi connectivity index (χ1) is 8.58. The van der Waals surface area contributed by atoms with Crippen molar-refractivity contribution in [2.24, 2.45) is 0 Å². The molecular formula is C13H15ClFNO2. The summed E-state index contributed by atoms with van der Waals surface area (Å²) in [6.07, 6.45) is 1.47. The Labute approximate surface area is 110 Å². The minimum atomic E-state index is -0.605. The summed E-state index contributed by atoms with van der Waals surface area (Å²) in [5.41, 5.74) is 0. The van der Waals surface area contributed by atoms with E-state index in [1.807, 2.05) is 0 Å². The van der Waals surface area contributed by atoms with Crippen LogP contribution in [0.1, 0.15) is 19.8 Å². The lowest BCUT2D eigenvalue weighted by molar-refractivity contribution is -0.136. The van der Waals surface area contributed by atoms with Gasteiger partial charge >= 0.3 is 0 Å². The second kappa shape index (κ2) is 5.57. The highest BCUT2D eigenvalue weighted by atomic mass is 35.5. The van der Waals surface area contributed by atoms with Gasteiger partial charge in [0.2, 0.25) is 0 Å². The molecule has 2 rings (SSSR count). The van der Waals surface area contributed by atoms with Gasteiger partial charge in [-0.15, -0.1) is 0 Å². The van der Waals surface area contributed by atoms with Crippen LogP contribution in [0, 0.1) is 5.82 Å². The summed E-state index contributed by atoms with van der Waals surface area (Å²) in [6.45, 7) is 3.24. The number of likely N-dealkylation sites (tertiary alicyclic amines) is 1. The molecule has 1 saturated heterocycles. The summed E-state index contributed by atoms with van der Waals surface area (Å²) in [6, 6.07) is 3.86. The molecule has 1 atom stereocenters. The van der Waals surface area contributed by atoms with Crippen LogP contribution in [0.5, 0.6) is 5.75 Å². The van der Waals surface area contributed by atoms with E-state index in [-0.39, 0.29) is 10.9 Å². The first kappa shape index (κ1) is 13.1. The molecule has 98 valence electrons. The summed E-state index contributed by atoms with van der Waals surface area (Å²) in [5, 5.41) is 0.177. The van der Waals surface area contributed by atoms with Gasteiger partial charge in [0.15, 0.2) is 6.10 Å². The molecular weight excluding hydrogens is 257 g/mol. The van der Waals surface area contributed by atoms with E-state index in [1.54, 1.807) is 11.8 Å². The summed E-state index contributed by atoms with van der Waals surface area (Å²) in [4.78, 5) is 13.8. The molecule has 0 aliphatic carbocycles. The number of amides is 1. The van der Waals surface area contributed by atoms with E-state index in [9.17, 15) is 9.18 Å². The maximum Gasteiger partial charge on any atom is 0.263 e. The predicted molar refractivity (Wildman–Crippen MR) is 67.3 cm³/mol. The molecule has 1 fully saturated rings. The third kappa shape index (κ3) is 2.93. The van der Waals surface area contributed by atoms with Crippen molar-refractivity contribution in [3.8, 4) is 5.75 Å². The predicted octanol–water partition coefficient (Wildman–Crippen LogP) is 2.87. The average Bonchev–Trinajstić information content (AvgIpc) is 2.85. The number of hydrogen-bond acceptors (Lipinski definition) is 2. The number of carbonyl (C=O) groups excluding carboxylic acids is 1. The van der Waals surface area contributed by atoms with Gasteiger partial charge in [-0.3, -0.25) is 4.79 Å². The van der Waals surface area contributed by atoms with Crippen LogP contribution < -0.4 is 4.74 Å². The fraction of sp³-hybridized carbons (Fsp3) is 0.462. The molecule has 0 N–H and O–H groups in total. The van der Waals surface area contributed by atoms with Crippen molar-refractivity contribution in [2.45, 2.75) is 25.9 Å². The summed E-state index contributed by atoms with van der Waals surface area (Å²) in [5.74, 6) is -0.142. The fourth-order valence-corrected chi connectivity index (χ4v) is 2.22. The monoisotopic (exact) mass is 271 g/mol. The maximum absolute atomic E-state index is 12.9. The largest absolute Gasteiger partial charge is 0.479 e. The first-order valence-corrected chi connectivity index (χ1v) is 6.36. The zero-order valence-electron chi connectivity index (χ0n) is 10.2. The van der Waals surface area contributed by atoms with Gasteiger partial charge in [-0.05, 0) is 38.0 Å². The molecule has 0 aromatic heterocycles. The molecule has 18 heavy (non-hydrogen) atoms. The average molecular weight is 272 g/mol. The SMILES string of the molecule is CC(Oc1ccc(F)cc1Cl)C(=O)N1CCCC1.